The molecule has 1 atom stereocenters. The average molecular weight is 223 g/mol. The molecule has 2 rings (SSSR count). The van der Waals surface area contributed by atoms with Gasteiger partial charge in [0, 0.05) is 11.8 Å². The fourth-order valence-corrected chi connectivity index (χ4v) is 2.47. The van der Waals surface area contributed by atoms with Crippen molar-refractivity contribution in [2.24, 2.45) is 5.92 Å². The third-order valence-corrected chi connectivity index (χ3v) is 3.43. The minimum absolute atomic E-state index is 0.377. The summed E-state index contributed by atoms with van der Waals surface area (Å²) in [6, 6.07) is 1.37. The summed E-state index contributed by atoms with van der Waals surface area (Å²) < 4.78 is 12.9. The Morgan fingerprint density at radius 3 is 2.81 bits per heavy atom. The third kappa shape index (κ3) is 3.01. The molecule has 3 heteroatoms. The largest absolute Gasteiger partial charge is 0.388 e. The van der Waals surface area contributed by atoms with Gasteiger partial charge in [-0.3, -0.25) is 4.98 Å². The molecule has 1 fully saturated rings. The van der Waals surface area contributed by atoms with Crippen LogP contribution in [0.2, 0.25) is 0 Å². The second-order valence-corrected chi connectivity index (χ2v) is 4.68. The molecular weight excluding hydrogens is 205 g/mol. The Morgan fingerprint density at radius 2 is 2.12 bits per heavy atom. The van der Waals surface area contributed by atoms with Gasteiger partial charge in [-0.1, -0.05) is 25.7 Å². The minimum Gasteiger partial charge on any atom is -0.388 e. The van der Waals surface area contributed by atoms with Gasteiger partial charge >= 0.3 is 0 Å². The van der Waals surface area contributed by atoms with Crippen LogP contribution in [0.4, 0.5) is 4.39 Å². The lowest BCUT2D eigenvalue weighted by molar-refractivity contribution is 0.156. The van der Waals surface area contributed by atoms with E-state index in [1.807, 2.05) is 0 Å². The first-order chi connectivity index (χ1) is 7.75. The zero-order valence-corrected chi connectivity index (χ0v) is 9.40. The first-order valence-electron chi connectivity index (χ1n) is 6.04. The van der Waals surface area contributed by atoms with E-state index < -0.39 is 6.10 Å². The van der Waals surface area contributed by atoms with Gasteiger partial charge in [-0.2, -0.15) is 0 Å². The molecule has 0 saturated heterocycles. The third-order valence-electron chi connectivity index (χ3n) is 3.43. The molecule has 1 aromatic rings. The number of aliphatic hydroxyl groups is 1. The Morgan fingerprint density at radius 1 is 1.38 bits per heavy atom. The molecule has 0 bridgehead atoms. The zero-order valence-electron chi connectivity index (χ0n) is 9.40. The zero-order chi connectivity index (χ0) is 11.4. The SMILES string of the molecule is OC(CCC1CCCC1)c1cncc(F)c1. The normalized spacial score (nSPS) is 18.9. The van der Waals surface area contributed by atoms with Crippen LogP contribution >= 0.6 is 0 Å². The molecule has 0 aliphatic heterocycles. The molecule has 1 aliphatic carbocycles. The van der Waals surface area contributed by atoms with Crippen molar-refractivity contribution in [3.63, 3.8) is 0 Å². The highest BCUT2D eigenvalue weighted by Crippen LogP contribution is 2.31. The molecular formula is C13H18FNO. The van der Waals surface area contributed by atoms with Gasteiger partial charge in [0.05, 0.1) is 12.3 Å². The molecule has 1 unspecified atom stereocenters. The van der Waals surface area contributed by atoms with Crippen LogP contribution in [-0.2, 0) is 0 Å². The van der Waals surface area contributed by atoms with E-state index in [2.05, 4.69) is 4.98 Å². The predicted octanol–water partition coefficient (Wildman–Crippen LogP) is 3.22. The standard InChI is InChI=1S/C13H18FNO/c14-12-7-11(8-15-9-12)13(16)6-5-10-3-1-2-4-10/h7-10,13,16H,1-6H2. The van der Waals surface area contributed by atoms with Crippen molar-refractivity contribution in [3.05, 3.63) is 29.8 Å². The van der Waals surface area contributed by atoms with Gasteiger partial charge in [0.25, 0.3) is 0 Å². The maximum Gasteiger partial charge on any atom is 0.141 e. The summed E-state index contributed by atoms with van der Waals surface area (Å²) in [6.45, 7) is 0. The number of halogens is 1. The van der Waals surface area contributed by atoms with Gasteiger partial charge in [-0.25, -0.2) is 4.39 Å². The van der Waals surface area contributed by atoms with E-state index in [4.69, 9.17) is 0 Å². The molecule has 2 nitrogen and oxygen atoms in total. The number of hydrogen-bond acceptors (Lipinski definition) is 2. The summed E-state index contributed by atoms with van der Waals surface area (Å²) in [4.78, 5) is 3.75. The summed E-state index contributed by atoms with van der Waals surface area (Å²) >= 11 is 0. The number of nitrogens with zero attached hydrogens (tertiary/aromatic N) is 1. The van der Waals surface area contributed by atoms with Crippen LogP contribution in [0, 0.1) is 11.7 Å². The lowest BCUT2D eigenvalue weighted by Gasteiger charge is -2.13. The summed E-state index contributed by atoms with van der Waals surface area (Å²) in [5.74, 6) is 0.383. The van der Waals surface area contributed by atoms with Crippen molar-refractivity contribution in [1.29, 1.82) is 0 Å². The Labute approximate surface area is 95.5 Å². The van der Waals surface area contributed by atoms with Gasteiger partial charge < -0.3 is 5.11 Å². The number of hydrogen-bond donors (Lipinski definition) is 1. The van der Waals surface area contributed by atoms with Gasteiger partial charge in [-0.15, -0.1) is 0 Å². The van der Waals surface area contributed by atoms with Crippen LogP contribution in [0.5, 0.6) is 0 Å². The van der Waals surface area contributed by atoms with Gasteiger partial charge in [0.1, 0.15) is 5.82 Å². The molecule has 88 valence electrons. The highest BCUT2D eigenvalue weighted by atomic mass is 19.1. The maximum atomic E-state index is 12.9. The minimum atomic E-state index is -0.566. The van der Waals surface area contributed by atoms with Gasteiger partial charge in [0.15, 0.2) is 0 Å². The first-order valence-corrected chi connectivity index (χ1v) is 6.04. The quantitative estimate of drug-likeness (QED) is 0.850. The Balaban J connectivity index is 1.85. The number of rotatable bonds is 4. The molecule has 1 saturated carbocycles. The number of pyridine rings is 1. The average Bonchev–Trinajstić information content (AvgIpc) is 2.78. The molecule has 0 amide bonds. The van der Waals surface area contributed by atoms with Crippen molar-refractivity contribution in [3.8, 4) is 0 Å². The highest BCUT2D eigenvalue weighted by Gasteiger charge is 2.17. The van der Waals surface area contributed by atoms with E-state index in [9.17, 15) is 9.50 Å². The summed E-state index contributed by atoms with van der Waals surface area (Å²) in [6.07, 6.45) is 9.11. The molecule has 1 aliphatic rings. The van der Waals surface area contributed by atoms with Crippen LogP contribution in [0.15, 0.2) is 18.5 Å². The van der Waals surface area contributed by atoms with Crippen molar-refractivity contribution >= 4 is 0 Å². The van der Waals surface area contributed by atoms with Crippen LogP contribution in [0.25, 0.3) is 0 Å². The lowest BCUT2D eigenvalue weighted by atomic mass is 9.97. The van der Waals surface area contributed by atoms with Crippen molar-refractivity contribution in [1.82, 2.24) is 4.98 Å². The van der Waals surface area contributed by atoms with E-state index >= 15 is 0 Å². The van der Waals surface area contributed by atoms with E-state index in [0.29, 0.717) is 5.56 Å². The lowest BCUT2D eigenvalue weighted by Crippen LogP contribution is -2.02. The Bertz CT molecular complexity index is 336. The van der Waals surface area contributed by atoms with Gasteiger partial charge in [0.2, 0.25) is 0 Å². The molecule has 0 radical (unpaired) electrons. The molecule has 0 aromatic carbocycles. The smallest absolute Gasteiger partial charge is 0.141 e. The molecule has 1 N–H and O–H groups in total. The maximum absolute atomic E-state index is 12.9. The molecule has 1 heterocycles. The van der Waals surface area contributed by atoms with Crippen LogP contribution < -0.4 is 0 Å². The predicted molar refractivity (Wildman–Crippen MR) is 60.3 cm³/mol. The fourth-order valence-electron chi connectivity index (χ4n) is 2.47. The van der Waals surface area contributed by atoms with Crippen molar-refractivity contribution < 1.29 is 9.50 Å². The van der Waals surface area contributed by atoms with Crippen LogP contribution in [-0.4, -0.2) is 10.1 Å². The highest BCUT2D eigenvalue weighted by molar-refractivity contribution is 5.13. The topological polar surface area (TPSA) is 33.1 Å². The number of aromatic nitrogens is 1. The van der Waals surface area contributed by atoms with Crippen molar-refractivity contribution in [2.45, 2.75) is 44.6 Å². The molecule has 16 heavy (non-hydrogen) atoms. The fraction of sp³-hybridized carbons (Fsp3) is 0.615. The van der Waals surface area contributed by atoms with Crippen molar-refractivity contribution in [2.75, 3.05) is 0 Å². The van der Waals surface area contributed by atoms with E-state index in [1.165, 1.54) is 31.7 Å². The second kappa shape index (κ2) is 5.39. The van der Waals surface area contributed by atoms with E-state index in [0.717, 1.165) is 25.0 Å². The first kappa shape index (κ1) is 11.5. The van der Waals surface area contributed by atoms with Gasteiger partial charge in [-0.05, 0) is 24.8 Å². The van der Waals surface area contributed by atoms with E-state index in [-0.39, 0.29) is 5.82 Å². The summed E-state index contributed by atoms with van der Waals surface area (Å²) in [5.41, 5.74) is 0.595. The van der Waals surface area contributed by atoms with E-state index in [1.54, 1.807) is 6.20 Å². The number of aliphatic hydroxyl groups excluding tert-OH is 1. The van der Waals surface area contributed by atoms with Crippen LogP contribution in [0.3, 0.4) is 0 Å². The Hall–Kier alpha value is -0.960. The summed E-state index contributed by atoms with van der Waals surface area (Å²) in [7, 11) is 0. The monoisotopic (exact) mass is 223 g/mol. The van der Waals surface area contributed by atoms with Crippen LogP contribution in [0.1, 0.15) is 50.2 Å². The molecule has 0 spiro atoms. The summed E-state index contributed by atoms with van der Waals surface area (Å²) in [5, 5.41) is 9.90. The molecule has 1 aromatic heterocycles. The second-order valence-electron chi connectivity index (χ2n) is 4.68. The Kier molecular flexibility index (Phi) is 3.88.